The minimum absolute atomic E-state index is 0.0422. The van der Waals surface area contributed by atoms with Crippen molar-refractivity contribution < 1.29 is 13.2 Å². The highest BCUT2D eigenvalue weighted by molar-refractivity contribution is 7.90. The van der Waals surface area contributed by atoms with Gasteiger partial charge in [-0.2, -0.15) is 8.42 Å². The molecule has 0 heterocycles. The number of hydrogen-bond acceptors (Lipinski definition) is 3. The monoisotopic (exact) mass is 309 g/mol. The molecule has 2 aromatic rings. The summed E-state index contributed by atoms with van der Waals surface area (Å²) in [4.78, 5) is 0.0624. The van der Waals surface area contributed by atoms with Crippen LogP contribution in [-0.4, -0.2) is 21.4 Å². The zero-order chi connectivity index (χ0) is 14.6. The molecule has 0 spiro atoms. The lowest BCUT2D eigenvalue weighted by Crippen LogP contribution is -2.08. The van der Waals surface area contributed by atoms with E-state index in [4.69, 9.17) is 16.3 Å². The normalized spacial score (nSPS) is 12.2. The van der Waals surface area contributed by atoms with Crippen LogP contribution in [0.4, 0.5) is 0 Å². The van der Waals surface area contributed by atoms with Crippen molar-refractivity contribution in [3.63, 3.8) is 0 Å². The van der Waals surface area contributed by atoms with E-state index in [2.05, 4.69) is 4.40 Å². The molecule has 20 heavy (non-hydrogen) atoms. The van der Waals surface area contributed by atoms with E-state index in [1.165, 1.54) is 31.4 Å². The summed E-state index contributed by atoms with van der Waals surface area (Å²) in [5.74, 6) is 0.0422. The number of ether oxygens (including phenoxy) is 1. The van der Waals surface area contributed by atoms with Crippen LogP contribution >= 0.6 is 11.6 Å². The molecule has 0 atom stereocenters. The Bertz CT molecular complexity index is 710. The topological polar surface area (TPSA) is 55.7 Å². The Labute approximate surface area is 122 Å². The summed E-state index contributed by atoms with van der Waals surface area (Å²) in [5, 5.41) is 0.461. The van der Waals surface area contributed by atoms with Gasteiger partial charge in [-0.15, -0.1) is 4.40 Å². The van der Waals surface area contributed by atoms with E-state index < -0.39 is 10.0 Å². The van der Waals surface area contributed by atoms with Crippen molar-refractivity contribution >= 4 is 27.5 Å². The third kappa shape index (κ3) is 3.37. The standard InChI is InChI=1S/C14H12ClNO3S/c1-19-14(11-5-3-2-4-6-11)16-20(17,18)13-9-7-12(15)8-10-13/h2-10H,1H3/b16-14+. The van der Waals surface area contributed by atoms with E-state index in [9.17, 15) is 8.42 Å². The molecule has 0 aromatic heterocycles. The predicted molar refractivity (Wildman–Crippen MR) is 78.6 cm³/mol. The van der Waals surface area contributed by atoms with E-state index in [0.29, 0.717) is 10.6 Å². The van der Waals surface area contributed by atoms with Crippen LogP contribution in [0.1, 0.15) is 5.56 Å². The number of benzene rings is 2. The highest BCUT2D eigenvalue weighted by Crippen LogP contribution is 2.17. The van der Waals surface area contributed by atoms with Gasteiger partial charge in [0.2, 0.25) is 5.90 Å². The van der Waals surface area contributed by atoms with Crippen molar-refractivity contribution in [3.8, 4) is 0 Å². The van der Waals surface area contributed by atoms with E-state index in [1.807, 2.05) is 6.07 Å². The number of hydrogen-bond donors (Lipinski definition) is 0. The lowest BCUT2D eigenvalue weighted by Gasteiger charge is -2.05. The zero-order valence-electron chi connectivity index (χ0n) is 10.7. The van der Waals surface area contributed by atoms with E-state index >= 15 is 0 Å². The Kier molecular flexibility index (Phi) is 4.42. The van der Waals surface area contributed by atoms with Crippen LogP contribution < -0.4 is 0 Å². The van der Waals surface area contributed by atoms with Gasteiger partial charge in [0.25, 0.3) is 10.0 Å². The minimum atomic E-state index is -3.83. The summed E-state index contributed by atoms with van der Waals surface area (Å²) >= 11 is 5.74. The van der Waals surface area contributed by atoms with Crippen molar-refractivity contribution in [1.29, 1.82) is 0 Å². The second kappa shape index (κ2) is 6.07. The Morgan fingerprint density at radius 3 is 2.20 bits per heavy atom. The summed E-state index contributed by atoms with van der Waals surface area (Å²) in [5.41, 5.74) is 0.590. The Balaban J connectivity index is 2.43. The molecule has 0 unspecified atom stereocenters. The second-order valence-electron chi connectivity index (χ2n) is 3.90. The number of methoxy groups -OCH3 is 1. The molecule has 0 aliphatic heterocycles. The highest BCUT2D eigenvalue weighted by Gasteiger charge is 2.15. The fourth-order valence-electron chi connectivity index (χ4n) is 1.56. The number of rotatable bonds is 3. The molecule has 0 amide bonds. The van der Waals surface area contributed by atoms with Crippen LogP contribution in [0.5, 0.6) is 0 Å². The number of nitrogens with zero attached hydrogens (tertiary/aromatic N) is 1. The minimum Gasteiger partial charge on any atom is -0.480 e. The molecule has 0 saturated heterocycles. The SMILES string of the molecule is CO/C(=N/S(=O)(=O)c1ccc(Cl)cc1)c1ccccc1. The first-order valence-corrected chi connectivity index (χ1v) is 7.55. The average molecular weight is 310 g/mol. The maximum Gasteiger partial charge on any atom is 0.285 e. The number of halogens is 1. The smallest absolute Gasteiger partial charge is 0.285 e. The van der Waals surface area contributed by atoms with E-state index in [0.717, 1.165) is 0 Å². The molecule has 0 radical (unpaired) electrons. The van der Waals surface area contributed by atoms with Gasteiger partial charge < -0.3 is 4.74 Å². The van der Waals surface area contributed by atoms with Gasteiger partial charge in [-0.25, -0.2) is 0 Å². The highest BCUT2D eigenvalue weighted by atomic mass is 35.5. The summed E-state index contributed by atoms with van der Waals surface area (Å²) in [6.45, 7) is 0. The maximum absolute atomic E-state index is 12.2. The lowest BCUT2D eigenvalue weighted by atomic mass is 10.2. The van der Waals surface area contributed by atoms with Crippen molar-refractivity contribution in [2.75, 3.05) is 7.11 Å². The van der Waals surface area contributed by atoms with E-state index in [1.54, 1.807) is 24.3 Å². The molecule has 2 aromatic carbocycles. The molecule has 6 heteroatoms. The molecule has 104 valence electrons. The molecule has 0 N–H and O–H groups in total. The second-order valence-corrected chi connectivity index (χ2v) is 5.94. The first-order valence-electron chi connectivity index (χ1n) is 5.73. The fourth-order valence-corrected chi connectivity index (χ4v) is 2.67. The van der Waals surface area contributed by atoms with Gasteiger partial charge in [-0.1, -0.05) is 29.8 Å². The van der Waals surface area contributed by atoms with Crippen molar-refractivity contribution in [2.45, 2.75) is 4.90 Å². The molecule has 0 aliphatic carbocycles. The summed E-state index contributed by atoms with van der Waals surface area (Å²) < 4.78 is 33.1. The number of sulfonamides is 1. The Hall–Kier alpha value is -1.85. The molecule has 2 rings (SSSR count). The van der Waals surface area contributed by atoms with Crippen LogP contribution in [0.25, 0.3) is 0 Å². The zero-order valence-corrected chi connectivity index (χ0v) is 12.2. The van der Waals surface area contributed by atoms with Crippen molar-refractivity contribution in [3.05, 3.63) is 65.2 Å². The average Bonchev–Trinajstić information content (AvgIpc) is 2.46. The lowest BCUT2D eigenvalue weighted by molar-refractivity contribution is 0.405. The fraction of sp³-hybridized carbons (Fsp3) is 0.0714. The molecule has 0 saturated carbocycles. The largest absolute Gasteiger partial charge is 0.480 e. The van der Waals surface area contributed by atoms with Crippen LogP contribution in [0, 0.1) is 0 Å². The Morgan fingerprint density at radius 2 is 1.65 bits per heavy atom. The van der Waals surface area contributed by atoms with Crippen LogP contribution in [0.15, 0.2) is 63.9 Å². The van der Waals surface area contributed by atoms with Gasteiger partial charge in [-0.05, 0) is 36.4 Å². The molecule has 0 aliphatic rings. The molecular formula is C14H12ClNO3S. The first kappa shape index (κ1) is 14.6. The van der Waals surface area contributed by atoms with Crippen molar-refractivity contribution in [2.24, 2.45) is 4.40 Å². The van der Waals surface area contributed by atoms with Crippen LogP contribution in [0.2, 0.25) is 5.02 Å². The van der Waals surface area contributed by atoms with Crippen LogP contribution in [0.3, 0.4) is 0 Å². The summed E-state index contributed by atoms with van der Waals surface area (Å²) in [6, 6.07) is 14.6. The molecule has 0 bridgehead atoms. The van der Waals surface area contributed by atoms with Gasteiger partial charge in [0, 0.05) is 10.6 Å². The quantitative estimate of drug-likeness (QED) is 0.646. The molecular weight excluding hydrogens is 298 g/mol. The molecule has 4 nitrogen and oxygen atoms in total. The Morgan fingerprint density at radius 1 is 1.05 bits per heavy atom. The predicted octanol–water partition coefficient (Wildman–Crippen LogP) is 3.12. The van der Waals surface area contributed by atoms with Gasteiger partial charge in [0.05, 0.1) is 12.0 Å². The van der Waals surface area contributed by atoms with Gasteiger partial charge >= 0.3 is 0 Å². The third-order valence-electron chi connectivity index (χ3n) is 2.53. The van der Waals surface area contributed by atoms with Gasteiger partial charge in [-0.3, -0.25) is 0 Å². The molecule has 0 fully saturated rings. The third-order valence-corrected chi connectivity index (χ3v) is 4.05. The first-order chi connectivity index (χ1) is 9.53. The summed E-state index contributed by atoms with van der Waals surface area (Å²) in [7, 11) is -2.45. The van der Waals surface area contributed by atoms with Crippen LogP contribution in [-0.2, 0) is 14.8 Å². The summed E-state index contributed by atoms with van der Waals surface area (Å²) in [6.07, 6.45) is 0. The van der Waals surface area contributed by atoms with Gasteiger partial charge in [0.1, 0.15) is 0 Å². The van der Waals surface area contributed by atoms with Gasteiger partial charge in [0.15, 0.2) is 0 Å². The van der Waals surface area contributed by atoms with Crippen molar-refractivity contribution in [1.82, 2.24) is 0 Å². The van der Waals surface area contributed by atoms with E-state index in [-0.39, 0.29) is 10.8 Å². The maximum atomic E-state index is 12.2.